The number of anilines is 1. The van der Waals surface area contributed by atoms with Crippen molar-refractivity contribution >= 4 is 17.6 Å². The molecule has 0 unspecified atom stereocenters. The minimum absolute atomic E-state index is 0.213. The molecule has 1 heterocycles. The van der Waals surface area contributed by atoms with Crippen LogP contribution in [0.1, 0.15) is 35.3 Å². The van der Waals surface area contributed by atoms with Gasteiger partial charge in [-0.3, -0.25) is 4.79 Å². The average molecular weight is 363 g/mol. The Morgan fingerprint density at radius 3 is 2.42 bits per heavy atom. The third-order valence-corrected chi connectivity index (χ3v) is 4.16. The number of amides is 3. The van der Waals surface area contributed by atoms with E-state index in [0.29, 0.717) is 17.8 Å². The summed E-state index contributed by atoms with van der Waals surface area (Å²) in [5.74, 6) is -3.76. The van der Waals surface area contributed by atoms with Gasteiger partial charge in [-0.25, -0.2) is 18.0 Å². The summed E-state index contributed by atoms with van der Waals surface area (Å²) in [6.07, 6.45) is 0. The lowest BCUT2D eigenvalue weighted by Gasteiger charge is -2.34. The van der Waals surface area contributed by atoms with Crippen molar-refractivity contribution in [1.82, 2.24) is 10.6 Å². The van der Waals surface area contributed by atoms with E-state index in [1.165, 1.54) is 6.07 Å². The number of benzene rings is 2. The third kappa shape index (κ3) is 3.35. The van der Waals surface area contributed by atoms with Crippen molar-refractivity contribution < 1.29 is 22.8 Å². The largest absolute Gasteiger partial charge is 0.348 e. The Morgan fingerprint density at radius 1 is 1.12 bits per heavy atom. The van der Waals surface area contributed by atoms with E-state index in [9.17, 15) is 22.8 Å². The highest BCUT2D eigenvalue weighted by atomic mass is 19.1. The molecular weight excluding hydrogens is 347 g/mol. The van der Waals surface area contributed by atoms with Gasteiger partial charge in [-0.1, -0.05) is 6.07 Å². The van der Waals surface area contributed by atoms with Gasteiger partial charge in [0.2, 0.25) is 0 Å². The molecule has 26 heavy (non-hydrogen) atoms. The van der Waals surface area contributed by atoms with Crippen molar-refractivity contribution in [2.75, 3.05) is 5.32 Å². The molecule has 2 aromatic rings. The van der Waals surface area contributed by atoms with Crippen LogP contribution >= 0.6 is 0 Å². The summed E-state index contributed by atoms with van der Waals surface area (Å²) >= 11 is 0. The van der Waals surface area contributed by atoms with E-state index in [2.05, 4.69) is 16.0 Å². The standard InChI is InChI=1S/C18H16F3N3O2/c1-18(2)12-4-3-9(5-15(12)23-17(26)24-18)16(25)22-8-11-13(20)6-10(19)7-14(11)21/h3-7H,8H2,1-2H3,(H,22,25)(H2,23,24,26). The van der Waals surface area contributed by atoms with Crippen molar-refractivity contribution in [3.8, 4) is 0 Å². The number of hydrogen-bond acceptors (Lipinski definition) is 2. The first kappa shape index (κ1) is 17.8. The topological polar surface area (TPSA) is 70.2 Å². The maximum Gasteiger partial charge on any atom is 0.319 e. The van der Waals surface area contributed by atoms with Crippen molar-refractivity contribution in [1.29, 1.82) is 0 Å². The molecule has 8 heteroatoms. The van der Waals surface area contributed by atoms with E-state index in [1.807, 2.05) is 13.8 Å². The molecule has 136 valence electrons. The van der Waals surface area contributed by atoms with E-state index in [-0.39, 0.29) is 5.56 Å². The number of hydrogen-bond donors (Lipinski definition) is 3. The Morgan fingerprint density at radius 2 is 1.77 bits per heavy atom. The molecule has 0 aromatic heterocycles. The predicted octanol–water partition coefficient (Wildman–Crippen LogP) is 3.40. The smallest absolute Gasteiger partial charge is 0.319 e. The SMILES string of the molecule is CC1(C)NC(=O)Nc2cc(C(=O)NCc3c(F)cc(F)cc3F)ccc21. The van der Waals surface area contributed by atoms with Crippen molar-refractivity contribution in [2.24, 2.45) is 0 Å². The fraction of sp³-hybridized carbons (Fsp3) is 0.222. The molecule has 0 saturated heterocycles. The summed E-state index contributed by atoms with van der Waals surface area (Å²) in [6.45, 7) is 3.21. The summed E-state index contributed by atoms with van der Waals surface area (Å²) in [6, 6.07) is 5.43. The number of carbonyl (C=O) groups is 2. The van der Waals surface area contributed by atoms with Crippen molar-refractivity contribution in [2.45, 2.75) is 25.9 Å². The molecule has 3 rings (SSSR count). The Labute approximate surface area is 147 Å². The zero-order chi connectivity index (χ0) is 19.1. The highest BCUT2D eigenvalue weighted by Crippen LogP contribution is 2.32. The molecular formula is C18H16F3N3O2. The summed E-state index contributed by atoms with van der Waals surface area (Å²) < 4.78 is 40.2. The Balaban J connectivity index is 1.80. The Bertz CT molecular complexity index is 890. The van der Waals surface area contributed by atoms with Crippen molar-refractivity contribution in [3.63, 3.8) is 0 Å². The predicted molar refractivity (Wildman–Crippen MR) is 89.1 cm³/mol. The van der Waals surface area contributed by atoms with E-state index in [0.717, 1.165) is 5.56 Å². The maximum absolute atomic E-state index is 13.6. The number of halogens is 3. The van der Waals surface area contributed by atoms with Crippen LogP contribution in [0.15, 0.2) is 30.3 Å². The Hall–Kier alpha value is -3.03. The first-order valence-electron chi connectivity index (χ1n) is 7.83. The first-order chi connectivity index (χ1) is 12.2. The molecule has 0 bridgehead atoms. The van der Waals surface area contributed by atoms with Crippen LogP contribution in [0.4, 0.5) is 23.7 Å². The fourth-order valence-electron chi connectivity index (χ4n) is 2.85. The second kappa shape index (κ2) is 6.36. The van der Waals surface area contributed by atoms with E-state index in [1.54, 1.807) is 12.1 Å². The minimum atomic E-state index is -1.08. The van der Waals surface area contributed by atoms with Gasteiger partial charge in [0, 0.05) is 41.1 Å². The highest BCUT2D eigenvalue weighted by Gasteiger charge is 2.31. The average Bonchev–Trinajstić information content (AvgIpc) is 2.52. The van der Waals surface area contributed by atoms with Gasteiger partial charge in [0.25, 0.3) is 5.91 Å². The normalized spacial score (nSPS) is 14.9. The molecule has 3 N–H and O–H groups in total. The lowest BCUT2D eigenvalue weighted by molar-refractivity contribution is 0.0950. The lowest BCUT2D eigenvalue weighted by Crippen LogP contribution is -2.47. The first-order valence-corrected chi connectivity index (χ1v) is 7.83. The van der Waals surface area contributed by atoms with Gasteiger partial charge < -0.3 is 16.0 Å². The fourth-order valence-corrected chi connectivity index (χ4v) is 2.85. The maximum atomic E-state index is 13.6. The second-order valence-electron chi connectivity index (χ2n) is 6.50. The number of nitrogens with one attached hydrogen (secondary N) is 3. The molecule has 3 amide bonds. The minimum Gasteiger partial charge on any atom is -0.348 e. The third-order valence-electron chi connectivity index (χ3n) is 4.16. The van der Waals surface area contributed by atoms with E-state index >= 15 is 0 Å². The molecule has 1 aliphatic rings. The monoisotopic (exact) mass is 363 g/mol. The van der Waals surface area contributed by atoms with Crippen LogP contribution in [0.25, 0.3) is 0 Å². The summed E-state index contributed by atoms with van der Waals surface area (Å²) in [5.41, 5.74) is 0.448. The van der Waals surface area contributed by atoms with Gasteiger partial charge in [0.15, 0.2) is 0 Å². The van der Waals surface area contributed by atoms with Gasteiger partial charge in [0.1, 0.15) is 17.5 Å². The second-order valence-corrected chi connectivity index (χ2v) is 6.50. The lowest BCUT2D eigenvalue weighted by atomic mass is 9.90. The Kier molecular flexibility index (Phi) is 4.35. The van der Waals surface area contributed by atoms with Crippen molar-refractivity contribution in [3.05, 3.63) is 64.5 Å². The van der Waals surface area contributed by atoms with Gasteiger partial charge >= 0.3 is 6.03 Å². The van der Waals surface area contributed by atoms with Crippen LogP contribution in [0.5, 0.6) is 0 Å². The van der Waals surface area contributed by atoms with Crippen LogP contribution in [0.2, 0.25) is 0 Å². The molecule has 0 saturated carbocycles. The molecule has 0 atom stereocenters. The number of rotatable bonds is 3. The van der Waals surface area contributed by atoms with Gasteiger partial charge in [-0.05, 0) is 26.0 Å². The molecule has 0 fully saturated rings. The molecule has 0 spiro atoms. The number of carbonyl (C=O) groups excluding carboxylic acids is 2. The van der Waals surface area contributed by atoms with Crippen LogP contribution in [-0.2, 0) is 12.1 Å². The van der Waals surface area contributed by atoms with E-state index in [4.69, 9.17) is 0 Å². The van der Waals surface area contributed by atoms with Gasteiger partial charge in [-0.15, -0.1) is 0 Å². The zero-order valence-corrected chi connectivity index (χ0v) is 14.0. The summed E-state index contributed by atoms with van der Waals surface area (Å²) in [7, 11) is 0. The van der Waals surface area contributed by atoms with Crippen LogP contribution < -0.4 is 16.0 Å². The summed E-state index contributed by atoms with van der Waals surface area (Å²) in [5, 5.41) is 7.76. The van der Waals surface area contributed by atoms with Crippen LogP contribution in [-0.4, -0.2) is 11.9 Å². The van der Waals surface area contributed by atoms with E-state index < -0.39 is 47.0 Å². The number of urea groups is 1. The van der Waals surface area contributed by atoms with Crippen LogP contribution in [0, 0.1) is 17.5 Å². The quantitative estimate of drug-likeness (QED) is 0.782. The molecule has 2 aromatic carbocycles. The van der Waals surface area contributed by atoms with Crippen LogP contribution in [0.3, 0.4) is 0 Å². The number of fused-ring (bicyclic) bond motifs is 1. The molecule has 1 aliphatic heterocycles. The zero-order valence-electron chi connectivity index (χ0n) is 14.0. The molecule has 5 nitrogen and oxygen atoms in total. The molecule has 0 radical (unpaired) electrons. The molecule has 0 aliphatic carbocycles. The summed E-state index contributed by atoms with van der Waals surface area (Å²) in [4.78, 5) is 24.0. The highest BCUT2D eigenvalue weighted by molar-refractivity contribution is 5.99. The van der Waals surface area contributed by atoms with Gasteiger partial charge in [-0.2, -0.15) is 0 Å². The van der Waals surface area contributed by atoms with Gasteiger partial charge in [0.05, 0.1) is 5.54 Å².